The van der Waals surface area contributed by atoms with Crippen molar-refractivity contribution in [2.75, 3.05) is 0 Å². The monoisotopic (exact) mass is 311 g/mol. The van der Waals surface area contributed by atoms with Crippen molar-refractivity contribution in [3.05, 3.63) is 65.5 Å². The molecule has 0 radical (unpaired) electrons. The van der Waals surface area contributed by atoms with Crippen LogP contribution in [-0.4, -0.2) is 23.0 Å². The van der Waals surface area contributed by atoms with Crippen LogP contribution in [0, 0.1) is 5.82 Å². The topological polar surface area (TPSA) is 29.5 Å². The number of benzene rings is 2. The van der Waals surface area contributed by atoms with Gasteiger partial charge in [0.2, 0.25) is 0 Å². The first-order chi connectivity index (χ1) is 11.2. The summed E-state index contributed by atoms with van der Waals surface area (Å²) in [5.41, 5.74) is 1.62. The molecule has 1 aliphatic carbocycles. The molecule has 0 saturated heterocycles. The predicted octanol–water partition coefficient (Wildman–Crippen LogP) is 3.32. The van der Waals surface area contributed by atoms with E-state index in [9.17, 15) is 9.18 Å². The van der Waals surface area contributed by atoms with Crippen LogP contribution >= 0.6 is 0 Å². The zero-order valence-corrected chi connectivity index (χ0v) is 12.7. The number of ether oxygens (including phenoxy) is 1. The van der Waals surface area contributed by atoms with E-state index in [-0.39, 0.29) is 17.8 Å². The van der Waals surface area contributed by atoms with Gasteiger partial charge in [-0.05, 0) is 30.5 Å². The molecule has 4 heteroatoms. The minimum Gasteiger partial charge on any atom is -0.480 e. The Labute approximate surface area is 134 Å². The van der Waals surface area contributed by atoms with E-state index < -0.39 is 6.10 Å². The first kappa shape index (κ1) is 14.2. The van der Waals surface area contributed by atoms with Gasteiger partial charge in [0.15, 0.2) is 6.10 Å². The van der Waals surface area contributed by atoms with Gasteiger partial charge < -0.3 is 9.64 Å². The van der Waals surface area contributed by atoms with Crippen LogP contribution in [-0.2, 0) is 17.8 Å². The largest absolute Gasteiger partial charge is 0.480 e. The lowest BCUT2D eigenvalue weighted by Crippen LogP contribution is -2.42. The Hall–Kier alpha value is -2.36. The van der Waals surface area contributed by atoms with E-state index >= 15 is 0 Å². The number of carbonyl (C=O) groups is 1. The molecule has 2 aromatic rings. The van der Waals surface area contributed by atoms with Crippen LogP contribution < -0.4 is 4.74 Å². The van der Waals surface area contributed by atoms with Crippen LogP contribution in [0.15, 0.2) is 48.5 Å². The van der Waals surface area contributed by atoms with Crippen molar-refractivity contribution in [1.29, 1.82) is 0 Å². The molecule has 1 saturated carbocycles. The minimum atomic E-state index is -0.486. The van der Waals surface area contributed by atoms with Crippen LogP contribution in [0.5, 0.6) is 5.75 Å². The second-order valence-corrected chi connectivity index (χ2v) is 6.21. The lowest BCUT2D eigenvalue weighted by Gasteiger charge is -2.25. The summed E-state index contributed by atoms with van der Waals surface area (Å²) in [5, 5.41) is 0. The number of rotatable bonds is 4. The normalized spacial score (nSPS) is 19.1. The lowest BCUT2D eigenvalue weighted by atomic mass is 10.1. The van der Waals surface area contributed by atoms with Crippen LogP contribution in [0.2, 0.25) is 0 Å². The summed E-state index contributed by atoms with van der Waals surface area (Å²) < 4.78 is 19.7. The molecule has 1 unspecified atom stereocenters. The Morgan fingerprint density at radius 1 is 1.13 bits per heavy atom. The number of hydrogen-bond acceptors (Lipinski definition) is 2. The van der Waals surface area contributed by atoms with Gasteiger partial charge in [0, 0.05) is 24.6 Å². The standard InChI is InChI=1S/C19H18FNO2/c20-16-7-3-1-6-14(16)12-21(15-9-10-15)19(22)18-11-13-5-2-4-8-17(13)23-18/h1-8,15,18H,9-12H2. The molecule has 3 nitrogen and oxygen atoms in total. The summed E-state index contributed by atoms with van der Waals surface area (Å²) >= 11 is 0. The molecule has 0 bridgehead atoms. The van der Waals surface area contributed by atoms with Crippen molar-refractivity contribution in [2.45, 2.75) is 38.0 Å². The van der Waals surface area contributed by atoms with E-state index in [2.05, 4.69) is 0 Å². The molecule has 1 amide bonds. The van der Waals surface area contributed by atoms with Crippen molar-refractivity contribution in [1.82, 2.24) is 4.90 Å². The van der Waals surface area contributed by atoms with Crippen molar-refractivity contribution in [3.63, 3.8) is 0 Å². The van der Waals surface area contributed by atoms with Crippen LogP contribution in [0.3, 0.4) is 0 Å². The summed E-state index contributed by atoms with van der Waals surface area (Å²) in [5.74, 6) is 0.487. The van der Waals surface area contributed by atoms with Crippen molar-refractivity contribution in [2.24, 2.45) is 0 Å². The first-order valence-corrected chi connectivity index (χ1v) is 8.01. The van der Waals surface area contributed by atoms with Crippen molar-refractivity contribution in [3.8, 4) is 5.75 Å². The molecule has 1 fully saturated rings. The summed E-state index contributed by atoms with van der Waals surface area (Å²) in [4.78, 5) is 14.7. The van der Waals surface area contributed by atoms with Gasteiger partial charge >= 0.3 is 0 Å². The Kier molecular flexibility index (Phi) is 3.52. The third-order valence-electron chi connectivity index (χ3n) is 4.49. The number of hydrogen-bond donors (Lipinski definition) is 0. The zero-order valence-electron chi connectivity index (χ0n) is 12.7. The number of nitrogens with zero attached hydrogens (tertiary/aromatic N) is 1. The van der Waals surface area contributed by atoms with E-state index in [0.717, 1.165) is 24.2 Å². The fourth-order valence-corrected chi connectivity index (χ4v) is 3.09. The third kappa shape index (κ3) is 2.81. The molecular weight excluding hydrogens is 293 g/mol. The maximum absolute atomic E-state index is 13.9. The highest BCUT2D eigenvalue weighted by molar-refractivity contribution is 5.83. The SMILES string of the molecule is O=C(C1Cc2ccccc2O1)N(Cc1ccccc1F)C1CC1. The quantitative estimate of drug-likeness (QED) is 0.867. The highest BCUT2D eigenvalue weighted by Crippen LogP contribution is 2.33. The average molecular weight is 311 g/mol. The van der Waals surface area contributed by atoms with Gasteiger partial charge in [0.1, 0.15) is 11.6 Å². The molecule has 23 heavy (non-hydrogen) atoms. The molecule has 4 rings (SSSR count). The molecule has 1 aliphatic heterocycles. The second kappa shape index (κ2) is 5.69. The highest BCUT2D eigenvalue weighted by atomic mass is 19.1. The average Bonchev–Trinajstić information content (AvgIpc) is 3.31. The van der Waals surface area contributed by atoms with Crippen LogP contribution in [0.4, 0.5) is 4.39 Å². The van der Waals surface area contributed by atoms with Crippen LogP contribution in [0.1, 0.15) is 24.0 Å². The van der Waals surface area contributed by atoms with Gasteiger partial charge in [-0.3, -0.25) is 4.79 Å². The molecule has 1 heterocycles. The zero-order chi connectivity index (χ0) is 15.8. The molecule has 118 valence electrons. The lowest BCUT2D eigenvalue weighted by molar-refractivity contribution is -0.139. The van der Waals surface area contributed by atoms with Crippen LogP contribution in [0.25, 0.3) is 0 Å². The number of fused-ring (bicyclic) bond motifs is 1. The van der Waals surface area contributed by atoms with E-state index in [1.165, 1.54) is 6.07 Å². The Morgan fingerprint density at radius 2 is 1.87 bits per heavy atom. The summed E-state index contributed by atoms with van der Waals surface area (Å²) in [6.07, 6.45) is 2.08. The van der Waals surface area contributed by atoms with E-state index in [1.807, 2.05) is 24.3 Å². The van der Waals surface area contributed by atoms with Gasteiger partial charge in [0.05, 0.1) is 0 Å². The van der Waals surface area contributed by atoms with E-state index in [0.29, 0.717) is 18.5 Å². The van der Waals surface area contributed by atoms with Gasteiger partial charge in [0.25, 0.3) is 5.91 Å². The third-order valence-corrected chi connectivity index (χ3v) is 4.49. The maximum Gasteiger partial charge on any atom is 0.264 e. The Balaban J connectivity index is 1.52. The molecule has 0 spiro atoms. The molecular formula is C19H18FNO2. The van der Waals surface area contributed by atoms with Crippen molar-refractivity contribution < 1.29 is 13.9 Å². The highest BCUT2D eigenvalue weighted by Gasteiger charge is 2.39. The fourth-order valence-electron chi connectivity index (χ4n) is 3.09. The number of halogens is 1. The van der Waals surface area contributed by atoms with Gasteiger partial charge in [-0.2, -0.15) is 0 Å². The van der Waals surface area contributed by atoms with Gasteiger partial charge in [-0.1, -0.05) is 36.4 Å². The molecule has 2 aliphatic rings. The van der Waals surface area contributed by atoms with Gasteiger partial charge in [-0.25, -0.2) is 4.39 Å². The van der Waals surface area contributed by atoms with Gasteiger partial charge in [-0.15, -0.1) is 0 Å². The smallest absolute Gasteiger partial charge is 0.264 e. The fraction of sp³-hybridized carbons (Fsp3) is 0.316. The Morgan fingerprint density at radius 3 is 2.61 bits per heavy atom. The van der Waals surface area contributed by atoms with E-state index in [4.69, 9.17) is 4.74 Å². The Bertz CT molecular complexity index is 717. The number of amides is 1. The van der Waals surface area contributed by atoms with E-state index in [1.54, 1.807) is 23.1 Å². The molecule has 1 atom stereocenters. The molecule has 0 aromatic heterocycles. The summed E-state index contributed by atoms with van der Waals surface area (Å²) in [7, 11) is 0. The van der Waals surface area contributed by atoms with Crippen molar-refractivity contribution >= 4 is 5.91 Å². The molecule has 2 aromatic carbocycles. The number of para-hydroxylation sites is 1. The minimum absolute atomic E-state index is 0.0352. The predicted molar refractivity (Wildman–Crippen MR) is 84.5 cm³/mol. The first-order valence-electron chi connectivity index (χ1n) is 8.01. The summed E-state index contributed by atoms with van der Waals surface area (Å²) in [6.45, 7) is 0.312. The second-order valence-electron chi connectivity index (χ2n) is 6.21. The number of carbonyl (C=O) groups excluding carboxylic acids is 1. The summed E-state index contributed by atoms with van der Waals surface area (Å²) in [6, 6.07) is 14.6. The molecule has 0 N–H and O–H groups in total. The maximum atomic E-state index is 13.9.